The van der Waals surface area contributed by atoms with Crippen molar-refractivity contribution in [2.75, 3.05) is 19.5 Å². The Morgan fingerprint density at radius 2 is 1.83 bits per heavy atom. The number of methoxy groups -OCH3 is 1. The third kappa shape index (κ3) is 4.04. The molecule has 2 aromatic rings. The summed E-state index contributed by atoms with van der Waals surface area (Å²) in [7, 11) is 2.79. The number of carbonyl (C=O) groups is 3. The largest absolute Gasteiger partial charge is 0.453 e. The van der Waals surface area contributed by atoms with Crippen LogP contribution < -0.4 is 10.6 Å². The van der Waals surface area contributed by atoms with Gasteiger partial charge in [-0.15, -0.1) is 0 Å². The maximum absolute atomic E-state index is 14.1. The van der Waals surface area contributed by atoms with Crippen LogP contribution in [-0.2, 0) is 19.7 Å². The monoisotopic (exact) mass is 517 g/mol. The summed E-state index contributed by atoms with van der Waals surface area (Å²) in [5, 5.41) is 6.62. The fourth-order valence-electron chi connectivity index (χ4n) is 5.75. The van der Waals surface area contributed by atoms with Crippen molar-refractivity contribution < 1.29 is 19.1 Å². The fraction of sp³-hybridized carbons (Fsp3) is 0.423. The number of nitrogens with zero attached hydrogens (tertiary/aromatic N) is 1. The molecule has 4 atom stereocenters. The van der Waals surface area contributed by atoms with Gasteiger partial charge in [-0.1, -0.05) is 62.2 Å². The lowest BCUT2D eigenvalue weighted by Gasteiger charge is -2.39. The molecule has 7 nitrogen and oxygen atoms in total. The molecule has 4 unspecified atom stereocenters. The highest BCUT2D eigenvalue weighted by Crippen LogP contribution is 2.60. The van der Waals surface area contributed by atoms with Crippen molar-refractivity contribution in [1.29, 1.82) is 0 Å². The molecule has 2 aliphatic rings. The lowest BCUT2D eigenvalue weighted by molar-refractivity contribution is -0.125. The molecule has 0 bridgehead atoms. The standard InChI is InChI=1S/C26H29Cl2N3O4/c1-25(2,3)13-19-26(17-10-9-16(28)12-18(17)30-23(26)33)20(14-7-6-8-15(27)11-14)21(22(32)29-4)31(19)24(34)35-5/h6-12,19-21H,13H2,1-5H3,(H,29,32)(H,30,33). The van der Waals surface area contributed by atoms with Crippen LogP contribution in [0.25, 0.3) is 0 Å². The summed E-state index contributed by atoms with van der Waals surface area (Å²) in [6, 6.07) is 10.6. The van der Waals surface area contributed by atoms with Crippen LogP contribution in [0.4, 0.5) is 10.5 Å². The smallest absolute Gasteiger partial charge is 0.410 e. The Morgan fingerprint density at radius 3 is 2.43 bits per heavy atom. The molecule has 2 N–H and O–H groups in total. The summed E-state index contributed by atoms with van der Waals surface area (Å²) in [4.78, 5) is 42.4. The van der Waals surface area contributed by atoms with Gasteiger partial charge in [-0.25, -0.2) is 4.79 Å². The number of hydrogen-bond donors (Lipinski definition) is 2. The Labute approximate surface area is 215 Å². The second kappa shape index (κ2) is 9.03. The Bertz CT molecular complexity index is 1200. The fourth-order valence-corrected chi connectivity index (χ4v) is 6.13. The lowest BCUT2D eigenvalue weighted by atomic mass is 9.62. The van der Waals surface area contributed by atoms with E-state index in [1.165, 1.54) is 19.1 Å². The van der Waals surface area contributed by atoms with Crippen molar-refractivity contribution in [2.45, 2.75) is 50.6 Å². The van der Waals surface area contributed by atoms with Crippen LogP contribution in [0.15, 0.2) is 42.5 Å². The van der Waals surface area contributed by atoms with Gasteiger partial charge in [0.2, 0.25) is 11.8 Å². The summed E-state index contributed by atoms with van der Waals surface area (Å²) in [5.41, 5.74) is 0.343. The highest BCUT2D eigenvalue weighted by Gasteiger charge is 2.70. The van der Waals surface area contributed by atoms with Crippen molar-refractivity contribution in [3.05, 3.63) is 63.6 Å². The van der Waals surface area contributed by atoms with Gasteiger partial charge in [-0.05, 0) is 47.2 Å². The third-order valence-corrected chi connectivity index (χ3v) is 7.40. The second-order valence-electron chi connectivity index (χ2n) is 10.3. The number of amides is 3. The van der Waals surface area contributed by atoms with Gasteiger partial charge < -0.3 is 15.4 Å². The van der Waals surface area contributed by atoms with Crippen molar-refractivity contribution in [3.8, 4) is 0 Å². The zero-order valence-electron chi connectivity index (χ0n) is 20.3. The first-order chi connectivity index (χ1) is 16.4. The normalized spacial score (nSPS) is 25.4. The predicted molar refractivity (Wildman–Crippen MR) is 136 cm³/mol. The Morgan fingerprint density at radius 1 is 1.14 bits per heavy atom. The molecule has 9 heteroatoms. The molecular formula is C26H29Cl2N3O4. The number of hydrogen-bond acceptors (Lipinski definition) is 4. The number of benzene rings is 2. The minimum Gasteiger partial charge on any atom is -0.453 e. The first-order valence-corrected chi connectivity index (χ1v) is 12.2. The van der Waals surface area contributed by atoms with Crippen LogP contribution in [0.2, 0.25) is 10.0 Å². The number of anilines is 1. The Balaban J connectivity index is 2.12. The molecule has 0 radical (unpaired) electrons. The number of nitrogens with one attached hydrogen (secondary N) is 2. The van der Waals surface area contributed by atoms with Crippen molar-refractivity contribution >= 4 is 46.8 Å². The molecule has 0 aliphatic carbocycles. The highest BCUT2D eigenvalue weighted by atomic mass is 35.5. The van der Waals surface area contributed by atoms with Crippen LogP contribution in [0, 0.1) is 5.41 Å². The molecule has 1 saturated heterocycles. The van der Waals surface area contributed by atoms with Gasteiger partial charge in [0, 0.05) is 28.7 Å². The second-order valence-corrected chi connectivity index (χ2v) is 11.1. The van der Waals surface area contributed by atoms with E-state index >= 15 is 0 Å². The van der Waals surface area contributed by atoms with E-state index in [0.29, 0.717) is 33.3 Å². The summed E-state index contributed by atoms with van der Waals surface area (Å²) in [6.45, 7) is 6.11. The molecule has 0 saturated carbocycles. The molecule has 0 aromatic heterocycles. The first kappa shape index (κ1) is 25.3. The molecule has 1 spiro atoms. The molecule has 4 rings (SSSR count). The van der Waals surface area contributed by atoms with E-state index in [0.717, 1.165) is 0 Å². The number of likely N-dealkylation sites (N-methyl/N-ethyl adjacent to an activating group) is 1. The number of halogens is 2. The molecule has 35 heavy (non-hydrogen) atoms. The molecule has 2 aliphatic heterocycles. The number of carbonyl (C=O) groups excluding carboxylic acids is 3. The molecule has 1 fully saturated rings. The molecule has 2 heterocycles. The van der Waals surface area contributed by atoms with Crippen molar-refractivity contribution in [1.82, 2.24) is 10.2 Å². The topological polar surface area (TPSA) is 87.7 Å². The van der Waals surface area contributed by atoms with Gasteiger partial charge in [0.15, 0.2) is 0 Å². The maximum atomic E-state index is 14.1. The van der Waals surface area contributed by atoms with E-state index in [-0.39, 0.29) is 11.3 Å². The van der Waals surface area contributed by atoms with Gasteiger partial charge >= 0.3 is 6.09 Å². The average Bonchev–Trinajstić information content (AvgIpc) is 3.23. The maximum Gasteiger partial charge on any atom is 0.410 e. The zero-order chi connectivity index (χ0) is 25.7. The average molecular weight is 518 g/mol. The Kier molecular flexibility index (Phi) is 6.53. The number of likely N-dealkylation sites (tertiary alicyclic amines) is 1. The van der Waals surface area contributed by atoms with Crippen LogP contribution in [0.1, 0.15) is 44.2 Å². The van der Waals surface area contributed by atoms with Crippen LogP contribution in [0.3, 0.4) is 0 Å². The molecule has 186 valence electrons. The minimum atomic E-state index is -1.29. The van der Waals surface area contributed by atoms with Crippen LogP contribution >= 0.6 is 23.2 Å². The van der Waals surface area contributed by atoms with E-state index < -0.39 is 35.4 Å². The molecule has 2 aromatic carbocycles. The van der Waals surface area contributed by atoms with Gasteiger partial charge in [0.1, 0.15) is 11.5 Å². The Hall–Kier alpha value is -2.77. The summed E-state index contributed by atoms with van der Waals surface area (Å²) in [6.07, 6.45) is -0.241. The van der Waals surface area contributed by atoms with E-state index in [2.05, 4.69) is 10.6 Å². The summed E-state index contributed by atoms with van der Waals surface area (Å²) in [5.74, 6) is -1.43. The number of rotatable bonds is 3. The van der Waals surface area contributed by atoms with Gasteiger partial charge in [0.25, 0.3) is 0 Å². The molecule has 3 amide bonds. The third-order valence-electron chi connectivity index (χ3n) is 6.93. The van der Waals surface area contributed by atoms with E-state index in [1.54, 1.807) is 30.3 Å². The number of fused-ring (bicyclic) bond motifs is 2. The van der Waals surface area contributed by atoms with E-state index in [4.69, 9.17) is 27.9 Å². The van der Waals surface area contributed by atoms with E-state index in [9.17, 15) is 14.4 Å². The summed E-state index contributed by atoms with van der Waals surface area (Å²) < 4.78 is 5.18. The lowest BCUT2D eigenvalue weighted by Crippen LogP contribution is -2.52. The minimum absolute atomic E-state index is 0.296. The van der Waals surface area contributed by atoms with Gasteiger partial charge in [-0.3, -0.25) is 14.5 Å². The van der Waals surface area contributed by atoms with E-state index in [1.807, 2.05) is 32.9 Å². The van der Waals surface area contributed by atoms with Gasteiger partial charge in [0.05, 0.1) is 13.2 Å². The highest BCUT2D eigenvalue weighted by molar-refractivity contribution is 6.31. The van der Waals surface area contributed by atoms with Crippen molar-refractivity contribution in [2.24, 2.45) is 5.41 Å². The number of ether oxygens (including phenoxy) is 1. The van der Waals surface area contributed by atoms with Gasteiger partial charge in [-0.2, -0.15) is 0 Å². The first-order valence-electron chi connectivity index (χ1n) is 11.4. The zero-order valence-corrected chi connectivity index (χ0v) is 21.8. The van der Waals surface area contributed by atoms with Crippen LogP contribution in [0.5, 0.6) is 0 Å². The summed E-state index contributed by atoms with van der Waals surface area (Å²) >= 11 is 12.7. The van der Waals surface area contributed by atoms with Crippen molar-refractivity contribution in [3.63, 3.8) is 0 Å². The molecular weight excluding hydrogens is 489 g/mol. The SMILES string of the molecule is CNC(=O)C1C(c2cccc(Cl)c2)C2(C(=O)Nc3cc(Cl)ccc32)C(CC(C)(C)C)N1C(=O)OC. The van der Waals surface area contributed by atoms with Crippen LogP contribution in [-0.4, -0.2) is 49.0 Å². The predicted octanol–water partition coefficient (Wildman–Crippen LogP) is 4.97. The quantitative estimate of drug-likeness (QED) is 0.601.